The molecule has 5 aromatic rings. The summed E-state index contributed by atoms with van der Waals surface area (Å²) in [5, 5.41) is 16.5. The molecule has 5 rings (SSSR count). The fourth-order valence-corrected chi connectivity index (χ4v) is 4.18. The number of benzene rings is 2. The molecule has 0 saturated heterocycles. The van der Waals surface area contributed by atoms with Crippen LogP contribution in [0.5, 0.6) is 0 Å². The lowest BCUT2D eigenvalue weighted by molar-refractivity contribution is 0.102. The molecule has 8 heteroatoms. The first-order valence-corrected chi connectivity index (χ1v) is 10.1. The summed E-state index contributed by atoms with van der Waals surface area (Å²) in [6.45, 7) is 2.01. The minimum atomic E-state index is -0.242. The monoisotopic (exact) mass is 460 g/mol. The van der Waals surface area contributed by atoms with E-state index in [-0.39, 0.29) is 5.91 Å². The lowest BCUT2D eigenvalue weighted by atomic mass is 9.96. The van der Waals surface area contributed by atoms with Crippen LogP contribution in [0.25, 0.3) is 27.7 Å². The minimum absolute atomic E-state index is 0.242. The summed E-state index contributed by atoms with van der Waals surface area (Å²) in [6, 6.07) is 13.8. The number of pyridine rings is 1. The Morgan fingerprint density at radius 1 is 1.13 bits per heavy atom. The topological polar surface area (TPSA) is 77.1 Å². The number of aromatic nitrogens is 5. The van der Waals surface area contributed by atoms with E-state index < -0.39 is 0 Å². The van der Waals surface area contributed by atoms with Crippen LogP contribution in [0.1, 0.15) is 15.9 Å². The molecule has 0 unspecified atom stereocenters. The SMILES string of the molecule is Cc1c(NC(=O)c2cc(Br)cn3cnnc23)cccc1-c1cccc2c1cnn2C. The number of hydrogen-bond donors (Lipinski definition) is 1. The van der Waals surface area contributed by atoms with Crippen molar-refractivity contribution in [3.05, 3.63) is 76.8 Å². The number of amides is 1. The van der Waals surface area contributed by atoms with Crippen molar-refractivity contribution in [2.24, 2.45) is 7.05 Å². The average molecular weight is 461 g/mol. The smallest absolute Gasteiger partial charge is 0.259 e. The van der Waals surface area contributed by atoms with Gasteiger partial charge in [0.2, 0.25) is 0 Å². The number of anilines is 1. The zero-order chi connectivity index (χ0) is 20.8. The van der Waals surface area contributed by atoms with Gasteiger partial charge in [-0.05, 0) is 57.7 Å². The molecule has 0 bridgehead atoms. The van der Waals surface area contributed by atoms with Crippen LogP contribution in [-0.4, -0.2) is 30.3 Å². The number of fused-ring (bicyclic) bond motifs is 2. The Labute approximate surface area is 180 Å². The van der Waals surface area contributed by atoms with Crippen LogP contribution in [0.2, 0.25) is 0 Å². The predicted molar refractivity (Wildman–Crippen MR) is 120 cm³/mol. The number of carbonyl (C=O) groups is 1. The molecule has 3 aromatic heterocycles. The molecule has 0 spiro atoms. The van der Waals surface area contributed by atoms with Crippen molar-refractivity contribution >= 4 is 44.1 Å². The van der Waals surface area contributed by atoms with E-state index in [1.54, 1.807) is 16.8 Å². The quantitative estimate of drug-likeness (QED) is 0.426. The third-order valence-corrected chi connectivity index (χ3v) is 5.70. The number of hydrogen-bond acceptors (Lipinski definition) is 4. The first-order chi connectivity index (χ1) is 14.5. The van der Waals surface area contributed by atoms with Crippen molar-refractivity contribution in [1.29, 1.82) is 0 Å². The zero-order valence-corrected chi connectivity index (χ0v) is 17.9. The summed E-state index contributed by atoms with van der Waals surface area (Å²) in [5.41, 5.74) is 5.87. The number of rotatable bonds is 3. The van der Waals surface area contributed by atoms with Gasteiger partial charge >= 0.3 is 0 Å². The molecule has 0 saturated carbocycles. The number of carbonyl (C=O) groups excluding carboxylic acids is 1. The van der Waals surface area contributed by atoms with E-state index in [4.69, 9.17) is 0 Å². The standard InChI is InChI=1S/C22H17BrN6O/c1-13-15(16-6-4-8-20-18(16)10-25-28(20)2)5-3-7-19(13)26-22(30)17-9-14(23)11-29-12-24-27-21(17)29/h3-12H,1-2H3,(H,26,30). The molecule has 0 fully saturated rings. The predicted octanol–water partition coefficient (Wildman–Crippen LogP) is 4.61. The van der Waals surface area contributed by atoms with E-state index in [0.29, 0.717) is 11.2 Å². The Morgan fingerprint density at radius 2 is 1.93 bits per heavy atom. The van der Waals surface area contributed by atoms with Crippen LogP contribution in [-0.2, 0) is 7.05 Å². The van der Waals surface area contributed by atoms with Crippen molar-refractivity contribution in [2.45, 2.75) is 6.92 Å². The maximum atomic E-state index is 13.1. The van der Waals surface area contributed by atoms with Gasteiger partial charge in [-0.15, -0.1) is 10.2 Å². The molecule has 30 heavy (non-hydrogen) atoms. The van der Waals surface area contributed by atoms with Crippen LogP contribution >= 0.6 is 15.9 Å². The van der Waals surface area contributed by atoms with Gasteiger partial charge in [-0.25, -0.2) is 0 Å². The minimum Gasteiger partial charge on any atom is -0.322 e. The largest absolute Gasteiger partial charge is 0.322 e. The molecule has 0 aliphatic rings. The molecule has 7 nitrogen and oxygen atoms in total. The van der Waals surface area contributed by atoms with Gasteiger partial charge in [0.05, 0.1) is 17.3 Å². The molecule has 1 N–H and O–H groups in total. The number of nitrogens with one attached hydrogen (secondary N) is 1. The third-order valence-electron chi connectivity index (χ3n) is 5.27. The maximum absolute atomic E-state index is 13.1. The summed E-state index contributed by atoms with van der Waals surface area (Å²) < 4.78 is 4.34. The van der Waals surface area contributed by atoms with Crippen LogP contribution in [0, 0.1) is 6.92 Å². The summed E-state index contributed by atoms with van der Waals surface area (Å²) in [6.07, 6.45) is 5.25. The highest BCUT2D eigenvalue weighted by Gasteiger charge is 2.17. The zero-order valence-electron chi connectivity index (χ0n) is 16.3. The molecular weight excluding hydrogens is 444 g/mol. The van der Waals surface area contributed by atoms with Gasteiger partial charge in [-0.1, -0.05) is 24.3 Å². The normalized spacial score (nSPS) is 11.3. The molecule has 1 amide bonds. The van der Waals surface area contributed by atoms with E-state index >= 15 is 0 Å². The van der Waals surface area contributed by atoms with Crippen LogP contribution in [0.3, 0.4) is 0 Å². The third kappa shape index (κ3) is 2.96. The molecule has 0 aliphatic heterocycles. The van der Waals surface area contributed by atoms with Crippen molar-refractivity contribution in [1.82, 2.24) is 24.4 Å². The average Bonchev–Trinajstić information content (AvgIpc) is 3.35. The highest BCUT2D eigenvalue weighted by Crippen LogP contribution is 2.33. The van der Waals surface area contributed by atoms with Gasteiger partial charge in [0.1, 0.15) is 6.33 Å². The number of aryl methyl sites for hydroxylation is 1. The van der Waals surface area contributed by atoms with E-state index in [1.807, 2.05) is 55.3 Å². The second kappa shape index (κ2) is 7.07. The van der Waals surface area contributed by atoms with Gasteiger partial charge in [0.15, 0.2) is 5.65 Å². The number of halogens is 1. The Bertz CT molecular complexity index is 1430. The lowest BCUT2D eigenvalue weighted by Crippen LogP contribution is -2.14. The second-order valence-corrected chi connectivity index (χ2v) is 7.99. The molecule has 0 radical (unpaired) electrons. The van der Waals surface area contributed by atoms with Crippen LogP contribution in [0.4, 0.5) is 5.69 Å². The Morgan fingerprint density at radius 3 is 2.80 bits per heavy atom. The first kappa shape index (κ1) is 18.5. The maximum Gasteiger partial charge on any atom is 0.259 e. The van der Waals surface area contributed by atoms with Crippen molar-refractivity contribution in [3.63, 3.8) is 0 Å². The van der Waals surface area contributed by atoms with Crippen LogP contribution in [0.15, 0.2) is 65.7 Å². The molecule has 3 heterocycles. The van der Waals surface area contributed by atoms with Gasteiger partial charge < -0.3 is 5.32 Å². The lowest BCUT2D eigenvalue weighted by Gasteiger charge is -2.14. The Kier molecular flexibility index (Phi) is 4.36. The van der Waals surface area contributed by atoms with Crippen molar-refractivity contribution in [2.75, 3.05) is 5.32 Å². The highest BCUT2D eigenvalue weighted by atomic mass is 79.9. The molecule has 148 valence electrons. The Balaban J connectivity index is 1.56. The van der Waals surface area contributed by atoms with Crippen molar-refractivity contribution < 1.29 is 4.79 Å². The van der Waals surface area contributed by atoms with E-state index in [9.17, 15) is 4.79 Å². The van der Waals surface area contributed by atoms with Crippen LogP contribution < -0.4 is 5.32 Å². The van der Waals surface area contributed by atoms with E-state index in [2.05, 4.69) is 48.7 Å². The first-order valence-electron chi connectivity index (χ1n) is 9.34. The molecule has 0 aliphatic carbocycles. The molecule has 2 aromatic carbocycles. The van der Waals surface area contributed by atoms with Gasteiger partial charge in [0.25, 0.3) is 5.91 Å². The fourth-order valence-electron chi connectivity index (χ4n) is 3.73. The summed E-state index contributed by atoms with van der Waals surface area (Å²) in [4.78, 5) is 13.1. The van der Waals surface area contributed by atoms with Gasteiger partial charge in [0, 0.05) is 28.8 Å². The van der Waals surface area contributed by atoms with E-state index in [0.717, 1.165) is 37.8 Å². The summed E-state index contributed by atoms with van der Waals surface area (Å²) in [5.74, 6) is -0.242. The molecular formula is C22H17BrN6O. The highest BCUT2D eigenvalue weighted by molar-refractivity contribution is 9.10. The molecule has 0 atom stereocenters. The number of nitrogens with zero attached hydrogens (tertiary/aromatic N) is 5. The van der Waals surface area contributed by atoms with Gasteiger partial charge in [-0.2, -0.15) is 5.10 Å². The summed E-state index contributed by atoms with van der Waals surface area (Å²) in [7, 11) is 1.93. The Hall–Kier alpha value is -3.52. The van der Waals surface area contributed by atoms with Gasteiger partial charge in [-0.3, -0.25) is 13.9 Å². The van der Waals surface area contributed by atoms with E-state index in [1.165, 1.54) is 0 Å². The summed E-state index contributed by atoms with van der Waals surface area (Å²) >= 11 is 3.44. The second-order valence-electron chi connectivity index (χ2n) is 7.07. The fraction of sp³-hybridized carbons (Fsp3) is 0.0909. The van der Waals surface area contributed by atoms with Crippen molar-refractivity contribution in [3.8, 4) is 11.1 Å².